The summed E-state index contributed by atoms with van der Waals surface area (Å²) in [6, 6.07) is 7.29. The largest absolute Gasteiger partial charge is 0.285 e. The topological polar surface area (TPSA) is 34.1 Å². The summed E-state index contributed by atoms with van der Waals surface area (Å²) in [5, 5.41) is 0. The first-order chi connectivity index (χ1) is 8.24. The fraction of sp³-hybridized carbons (Fsp3) is 0.333. The number of unbranched alkanes of at least 4 members (excludes halogenated alkanes) is 2. The summed E-state index contributed by atoms with van der Waals surface area (Å²) in [6.45, 7) is 2.12. The van der Waals surface area contributed by atoms with Crippen molar-refractivity contribution in [2.75, 3.05) is 0 Å². The molecule has 2 heteroatoms. The van der Waals surface area contributed by atoms with Gasteiger partial charge in [0.1, 0.15) is 0 Å². The van der Waals surface area contributed by atoms with E-state index in [1.54, 1.807) is 12.1 Å². The molecule has 88 valence electrons. The van der Waals surface area contributed by atoms with E-state index >= 15 is 0 Å². The molecule has 0 heterocycles. The van der Waals surface area contributed by atoms with E-state index in [2.05, 4.69) is 6.92 Å². The number of hydrogen-bond acceptors (Lipinski definition) is 2. The fourth-order valence-corrected chi connectivity index (χ4v) is 2.10. The molecule has 2 rings (SSSR count). The maximum atomic E-state index is 11.9. The number of fused-ring (bicyclic) bond motifs is 1. The van der Waals surface area contributed by atoms with Crippen molar-refractivity contribution in [1.82, 2.24) is 0 Å². The van der Waals surface area contributed by atoms with Gasteiger partial charge in [-0.1, -0.05) is 44.0 Å². The van der Waals surface area contributed by atoms with E-state index in [-0.39, 0.29) is 11.6 Å². The molecule has 0 saturated carbocycles. The number of rotatable bonds is 4. The Morgan fingerprint density at radius 3 is 2.53 bits per heavy atom. The van der Waals surface area contributed by atoms with Crippen molar-refractivity contribution < 1.29 is 9.59 Å². The van der Waals surface area contributed by atoms with Crippen LogP contribution in [0.3, 0.4) is 0 Å². The van der Waals surface area contributed by atoms with Crippen LogP contribution in [0.25, 0.3) is 6.08 Å². The minimum absolute atomic E-state index is 0.320. The molecule has 0 bridgehead atoms. The highest BCUT2D eigenvalue weighted by molar-refractivity contribution is 6.51. The first-order valence-corrected chi connectivity index (χ1v) is 6.12. The van der Waals surface area contributed by atoms with E-state index in [0.29, 0.717) is 17.6 Å². The van der Waals surface area contributed by atoms with Gasteiger partial charge in [-0.15, -0.1) is 0 Å². The summed E-state index contributed by atoms with van der Waals surface area (Å²) in [5.74, 6) is -0.672. The van der Waals surface area contributed by atoms with Crippen molar-refractivity contribution in [1.29, 1.82) is 0 Å². The van der Waals surface area contributed by atoms with Crippen LogP contribution in [0.1, 0.15) is 48.5 Å². The van der Waals surface area contributed by atoms with Crippen molar-refractivity contribution in [2.45, 2.75) is 32.6 Å². The third kappa shape index (κ3) is 2.36. The van der Waals surface area contributed by atoms with E-state index in [4.69, 9.17) is 0 Å². The lowest BCUT2D eigenvalue weighted by atomic mass is 9.88. The van der Waals surface area contributed by atoms with Gasteiger partial charge in [0.2, 0.25) is 11.6 Å². The van der Waals surface area contributed by atoms with Gasteiger partial charge >= 0.3 is 0 Å². The van der Waals surface area contributed by atoms with Crippen LogP contribution in [0, 0.1) is 0 Å². The molecule has 0 N–H and O–H groups in total. The van der Waals surface area contributed by atoms with Crippen molar-refractivity contribution in [3.8, 4) is 0 Å². The highest BCUT2D eigenvalue weighted by Crippen LogP contribution is 2.24. The first kappa shape index (κ1) is 11.8. The summed E-state index contributed by atoms with van der Waals surface area (Å²) in [4.78, 5) is 23.7. The van der Waals surface area contributed by atoms with Gasteiger partial charge < -0.3 is 0 Å². The molecule has 0 fully saturated rings. The lowest BCUT2D eigenvalue weighted by molar-refractivity contribution is -0.112. The molecule has 0 radical (unpaired) electrons. The highest BCUT2D eigenvalue weighted by Gasteiger charge is 2.26. The van der Waals surface area contributed by atoms with E-state index in [1.165, 1.54) is 0 Å². The number of benzene rings is 1. The molecule has 0 spiro atoms. The Morgan fingerprint density at radius 1 is 1.00 bits per heavy atom. The van der Waals surface area contributed by atoms with Gasteiger partial charge in [0.15, 0.2) is 0 Å². The van der Waals surface area contributed by atoms with E-state index in [9.17, 15) is 9.59 Å². The minimum atomic E-state index is -0.352. The third-order valence-electron chi connectivity index (χ3n) is 3.08. The van der Waals surface area contributed by atoms with E-state index in [1.807, 2.05) is 18.2 Å². The molecule has 2 nitrogen and oxygen atoms in total. The van der Waals surface area contributed by atoms with Crippen LogP contribution >= 0.6 is 0 Å². The number of ketones is 2. The number of Topliss-reactive ketones (excluding diaryl/α,β-unsaturated/α-hetero) is 2. The third-order valence-corrected chi connectivity index (χ3v) is 3.08. The summed E-state index contributed by atoms with van der Waals surface area (Å²) in [6.07, 6.45) is 5.78. The van der Waals surface area contributed by atoms with Crippen molar-refractivity contribution in [3.05, 3.63) is 41.0 Å². The zero-order valence-electron chi connectivity index (χ0n) is 10.0. The van der Waals surface area contributed by atoms with Crippen molar-refractivity contribution in [3.63, 3.8) is 0 Å². The van der Waals surface area contributed by atoms with Gasteiger partial charge in [-0.25, -0.2) is 0 Å². The Labute approximate surface area is 101 Å². The molecule has 1 aliphatic rings. The SMILES string of the molecule is CCCCCC1=Cc2ccccc2C(=O)C1=O. The van der Waals surface area contributed by atoms with E-state index in [0.717, 1.165) is 24.8 Å². The normalized spacial score (nSPS) is 14.5. The van der Waals surface area contributed by atoms with Gasteiger partial charge in [-0.3, -0.25) is 9.59 Å². The molecule has 1 aromatic carbocycles. The standard InChI is InChI=1S/C15H16O2/c1-2-3-4-8-12-10-11-7-5-6-9-13(11)15(17)14(12)16/h5-7,9-10H,2-4,8H2,1H3. The second-order valence-corrected chi connectivity index (χ2v) is 4.37. The van der Waals surface area contributed by atoms with Crippen LogP contribution in [0.2, 0.25) is 0 Å². The zero-order valence-corrected chi connectivity index (χ0v) is 10.0. The maximum absolute atomic E-state index is 11.9. The molecule has 0 saturated heterocycles. The van der Waals surface area contributed by atoms with Gasteiger partial charge in [0.05, 0.1) is 0 Å². The Balaban J connectivity index is 2.26. The Bertz CT molecular complexity index is 483. The molecule has 0 amide bonds. The van der Waals surface area contributed by atoms with Crippen molar-refractivity contribution >= 4 is 17.6 Å². The van der Waals surface area contributed by atoms with Gasteiger partial charge in [-0.2, -0.15) is 0 Å². The molecule has 0 aromatic heterocycles. The molecule has 0 unspecified atom stereocenters. The Kier molecular flexibility index (Phi) is 3.52. The number of allylic oxidation sites excluding steroid dienone is 1. The molecular weight excluding hydrogens is 212 g/mol. The number of hydrogen-bond donors (Lipinski definition) is 0. The second kappa shape index (κ2) is 5.09. The Morgan fingerprint density at radius 2 is 1.76 bits per heavy atom. The van der Waals surface area contributed by atoms with Crippen LogP contribution in [-0.2, 0) is 4.79 Å². The molecule has 0 atom stereocenters. The molecule has 1 aliphatic carbocycles. The zero-order chi connectivity index (χ0) is 12.3. The van der Waals surface area contributed by atoms with Crippen LogP contribution in [0.5, 0.6) is 0 Å². The first-order valence-electron chi connectivity index (χ1n) is 6.12. The second-order valence-electron chi connectivity index (χ2n) is 4.37. The predicted molar refractivity (Wildman–Crippen MR) is 67.9 cm³/mol. The fourth-order valence-electron chi connectivity index (χ4n) is 2.10. The highest BCUT2D eigenvalue weighted by atomic mass is 16.2. The average Bonchev–Trinajstić information content (AvgIpc) is 2.35. The molecular formula is C15H16O2. The van der Waals surface area contributed by atoms with Crippen molar-refractivity contribution in [2.24, 2.45) is 0 Å². The van der Waals surface area contributed by atoms with Crippen LogP contribution in [0.4, 0.5) is 0 Å². The number of carbonyl (C=O) groups excluding carboxylic acids is 2. The molecule has 0 aliphatic heterocycles. The summed E-state index contributed by atoms with van der Waals surface area (Å²) < 4.78 is 0. The van der Waals surface area contributed by atoms with Gasteiger partial charge in [0, 0.05) is 11.1 Å². The smallest absolute Gasteiger partial charge is 0.233 e. The van der Waals surface area contributed by atoms with Crippen LogP contribution in [0.15, 0.2) is 29.8 Å². The molecule has 17 heavy (non-hydrogen) atoms. The molecule has 1 aromatic rings. The monoisotopic (exact) mass is 228 g/mol. The maximum Gasteiger partial charge on any atom is 0.233 e. The summed E-state index contributed by atoms with van der Waals surface area (Å²) in [5.41, 5.74) is 2.09. The van der Waals surface area contributed by atoms with Crippen LogP contribution < -0.4 is 0 Å². The van der Waals surface area contributed by atoms with Crippen LogP contribution in [-0.4, -0.2) is 11.6 Å². The quantitative estimate of drug-likeness (QED) is 0.584. The average molecular weight is 228 g/mol. The summed E-state index contributed by atoms with van der Waals surface area (Å²) >= 11 is 0. The Hall–Kier alpha value is -1.70. The van der Waals surface area contributed by atoms with Gasteiger partial charge in [0.25, 0.3) is 0 Å². The van der Waals surface area contributed by atoms with Gasteiger partial charge in [-0.05, 0) is 24.5 Å². The number of carbonyl (C=O) groups is 2. The lowest BCUT2D eigenvalue weighted by Crippen LogP contribution is -2.21. The van der Waals surface area contributed by atoms with E-state index < -0.39 is 0 Å². The summed E-state index contributed by atoms with van der Waals surface area (Å²) in [7, 11) is 0. The minimum Gasteiger partial charge on any atom is -0.285 e. The predicted octanol–water partition coefficient (Wildman–Crippen LogP) is 3.42. The lowest BCUT2D eigenvalue weighted by Gasteiger charge is -2.13.